The van der Waals surface area contributed by atoms with Crippen molar-refractivity contribution in [1.29, 1.82) is 0 Å². The summed E-state index contributed by atoms with van der Waals surface area (Å²) in [5.41, 5.74) is 6.23. The minimum atomic E-state index is -1.48. The summed E-state index contributed by atoms with van der Waals surface area (Å²) in [4.78, 5) is 0. The van der Waals surface area contributed by atoms with Gasteiger partial charge in [0.05, 0.1) is 0 Å². The Bertz CT molecular complexity index is 680. The van der Waals surface area contributed by atoms with Crippen molar-refractivity contribution in [2.24, 2.45) is 11.3 Å². The molecule has 1 saturated carbocycles. The van der Waals surface area contributed by atoms with E-state index in [0.29, 0.717) is 5.41 Å². The van der Waals surface area contributed by atoms with E-state index in [4.69, 9.17) is 0 Å². The lowest BCUT2D eigenvalue weighted by atomic mass is 10.0. The van der Waals surface area contributed by atoms with E-state index >= 15 is 0 Å². The van der Waals surface area contributed by atoms with Gasteiger partial charge < -0.3 is 0 Å². The molecular formula is C22H28Si. The van der Waals surface area contributed by atoms with Gasteiger partial charge >= 0.3 is 0 Å². The van der Waals surface area contributed by atoms with Crippen molar-refractivity contribution < 1.29 is 0 Å². The monoisotopic (exact) mass is 320 g/mol. The van der Waals surface area contributed by atoms with E-state index in [9.17, 15) is 0 Å². The largest absolute Gasteiger partial charge is 0.104 e. The van der Waals surface area contributed by atoms with Crippen LogP contribution in [0, 0.1) is 11.3 Å². The Labute approximate surface area is 142 Å². The Hall–Kier alpha value is -1.60. The molecule has 120 valence electrons. The van der Waals surface area contributed by atoms with E-state index < -0.39 is 8.07 Å². The summed E-state index contributed by atoms with van der Waals surface area (Å²) in [5, 5.41) is 1.54. The topological polar surface area (TPSA) is 0 Å². The molecule has 0 heterocycles. The first kappa shape index (κ1) is 16.3. The Morgan fingerprint density at radius 1 is 0.913 bits per heavy atom. The number of hydrogen-bond donors (Lipinski definition) is 0. The highest BCUT2D eigenvalue weighted by molar-refractivity contribution is 6.94. The normalized spacial score (nSPS) is 21.4. The third-order valence-electron chi connectivity index (χ3n) is 5.51. The van der Waals surface area contributed by atoms with E-state index in [1.54, 1.807) is 5.57 Å². The first-order valence-corrected chi connectivity index (χ1v) is 11.8. The van der Waals surface area contributed by atoms with Gasteiger partial charge in [0, 0.05) is 0 Å². The zero-order valence-corrected chi connectivity index (χ0v) is 15.8. The summed E-state index contributed by atoms with van der Waals surface area (Å²) in [6, 6.07) is 22.0. The lowest BCUT2D eigenvalue weighted by molar-refractivity contribution is 0.535. The first-order valence-electron chi connectivity index (χ1n) is 8.74. The molecule has 23 heavy (non-hydrogen) atoms. The van der Waals surface area contributed by atoms with Crippen molar-refractivity contribution >= 4 is 13.3 Å². The lowest BCUT2D eigenvalue weighted by Gasteiger charge is -2.18. The quantitative estimate of drug-likeness (QED) is 0.651. The molecule has 1 atom stereocenters. The maximum Gasteiger partial charge on any atom is 0.104 e. The molecule has 0 bridgehead atoms. The number of allylic oxidation sites excluding steroid dienone is 1. The smallest absolute Gasteiger partial charge is 0.0902 e. The zero-order valence-electron chi connectivity index (χ0n) is 14.8. The fraction of sp³-hybridized carbons (Fsp3) is 0.364. The summed E-state index contributed by atoms with van der Waals surface area (Å²) >= 11 is 0. The summed E-state index contributed by atoms with van der Waals surface area (Å²) in [6.45, 7) is 9.78. The van der Waals surface area contributed by atoms with Gasteiger partial charge in [-0.05, 0) is 29.7 Å². The summed E-state index contributed by atoms with van der Waals surface area (Å²) < 4.78 is 0. The van der Waals surface area contributed by atoms with E-state index in [1.165, 1.54) is 23.6 Å². The third kappa shape index (κ3) is 3.50. The van der Waals surface area contributed by atoms with E-state index in [2.05, 4.69) is 93.3 Å². The summed E-state index contributed by atoms with van der Waals surface area (Å²) in [7, 11) is -1.48. The highest BCUT2D eigenvalue weighted by atomic mass is 28.3. The molecule has 1 aliphatic rings. The number of rotatable bonds is 5. The second kappa shape index (κ2) is 6.12. The van der Waals surface area contributed by atoms with Crippen molar-refractivity contribution in [2.75, 3.05) is 0 Å². The minimum absolute atomic E-state index is 0.397. The molecule has 1 heteroatoms. The molecule has 1 aliphatic carbocycles. The fourth-order valence-electron chi connectivity index (χ4n) is 3.77. The average Bonchev–Trinajstić information content (AvgIpc) is 3.06. The van der Waals surface area contributed by atoms with Crippen LogP contribution >= 0.6 is 0 Å². The van der Waals surface area contributed by atoms with Gasteiger partial charge in [0.25, 0.3) is 0 Å². The van der Waals surface area contributed by atoms with Crippen LogP contribution in [0.3, 0.4) is 0 Å². The standard InChI is InChI=1S/C22H28Si/c1-22(2)20(16-15-18-11-7-5-8-12-18)21(22)17-23(3,4)19-13-9-6-10-14-19/h5-14,17,20H,15-16H2,1-4H3/b21-17+. The maximum absolute atomic E-state index is 2.66. The molecule has 0 N–H and O–H groups in total. The van der Waals surface area contributed by atoms with Gasteiger partial charge in [-0.2, -0.15) is 0 Å². The SMILES string of the molecule is CC1(C)/C(=C/[Si](C)(C)c2ccccc2)C1CCc1ccccc1. The molecule has 0 amide bonds. The summed E-state index contributed by atoms with van der Waals surface area (Å²) in [5.74, 6) is 0.762. The lowest BCUT2D eigenvalue weighted by Crippen LogP contribution is -2.39. The van der Waals surface area contributed by atoms with Crippen LogP contribution < -0.4 is 5.19 Å². The van der Waals surface area contributed by atoms with Crippen molar-refractivity contribution in [1.82, 2.24) is 0 Å². The van der Waals surface area contributed by atoms with Crippen LogP contribution in [-0.4, -0.2) is 8.07 Å². The molecule has 0 aliphatic heterocycles. The molecule has 0 spiro atoms. The van der Waals surface area contributed by atoms with Crippen LogP contribution in [-0.2, 0) is 6.42 Å². The Morgan fingerprint density at radius 2 is 1.48 bits per heavy atom. The van der Waals surface area contributed by atoms with Crippen LogP contribution in [0.1, 0.15) is 25.8 Å². The van der Waals surface area contributed by atoms with Gasteiger partial charge in [-0.25, -0.2) is 0 Å². The molecule has 0 saturated heterocycles. The van der Waals surface area contributed by atoms with Crippen LogP contribution in [0.25, 0.3) is 0 Å². The molecule has 1 unspecified atom stereocenters. The molecule has 3 rings (SSSR count). The summed E-state index contributed by atoms with van der Waals surface area (Å²) in [6.07, 6.45) is 2.47. The van der Waals surface area contributed by atoms with Gasteiger partial charge in [-0.15, -0.1) is 0 Å². The molecule has 0 aromatic heterocycles. The molecular weight excluding hydrogens is 292 g/mol. The van der Waals surface area contributed by atoms with Gasteiger partial charge in [-0.3, -0.25) is 0 Å². The highest BCUT2D eigenvalue weighted by Gasteiger charge is 2.51. The Morgan fingerprint density at radius 3 is 2.09 bits per heavy atom. The van der Waals surface area contributed by atoms with E-state index in [-0.39, 0.29) is 0 Å². The van der Waals surface area contributed by atoms with Crippen molar-refractivity contribution in [3.05, 3.63) is 77.5 Å². The van der Waals surface area contributed by atoms with Gasteiger partial charge in [0.2, 0.25) is 0 Å². The van der Waals surface area contributed by atoms with E-state index in [1.807, 2.05) is 0 Å². The Kier molecular flexibility index (Phi) is 4.33. The van der Waals surface area contributed by atoms with Crippen molar-refractivity contribution in [3.8, 4) is 0 Å². The van der Waals surface area contributed by atoms with Crippen LogP contribution in [0.5, 0.6) is 0 Å². The molecule has 0 nitrogen and oxygen atoms in total. The van der Waals surface area contributed by atoms with Crippen LogP contribution in [0.15, 0.2) is 71.9 Å². The van der Waals surface area contributed by atoms with Gasteiger partial charge in [0.1, 0.15) is 8.07 Å². The Balaban J connectivity index is 1.72. The maximum atomic E-state index is 2.66. The van der Waals surface area contributed by atoms with Crippen molar-refractivity contribution in [3.63, 3.8) is 0 Å². The number of benzene rings is 2. The molecule has 1 fully saturated rings. The van der Waals surface area contributed by atoms with E-state index in [0.717, 1.165) is 5.92 Å². The third-order valence-corrected chi connectivity index (χ3v) is 8.36. The zero-order chi connectivity index (χ0) is 16.5. The van der Waals surface area contributed by atoms with Gasteiger partial charge in [-0.1, -0.05) is 104 Å². The van der Waals surface area contributed by atoms with Gasteiger partial charge in [0.15, 0.2) is 0 Å². The highest BCUT2D eigenvalue weighted by Crippen LogP contribution is 2.60. The predicted molar refractivity (Wildman–Crippen MR) is 104 cm³/mol. The van der Waals surface area contributed by atoms with Crippen LogP contribution in [0.4, 0.5) is 0 Å². The van der Waals surface area contributed by atoms with Crippen molar-refractivity contribution in [2.45, 2.75) is 39.8 Å². The molecule has 2 aromatic rings. The average molecular weight is 321 g/mol. The number of hydrogen-bond acceptors (Lipinski definition) is 0. The molecule has 2 aromatic carbocycles. The number of aryl methyl sites for hydroxylation is 1. The minimum Gasteiger partial charge on any atom is -0.0902 e. The predicted octanol–water partition coefficient (Wildman–Crippen LogP) is 5.36. The second-order valence-electron chi connectivity index (χ2n) is 7.99. The molecule has 0 radical (unpaired) electrons. The fourth-order valence-corrected chi connectivity index (χ4v) is 6.34. The first-order chi connectivity index (χ1) is 10.9. The second-order valence-corrected chi connectivity index (χ2v) is 12.3. The van der Waals surface area contributed by atoms with Crippen LogP contribution in [0.2, 0.25) is 13.1 Å².